The number of carbonyl (C=O) groups excluding carboxylic acids is 1. The Labute approximate surface area is 233 Å². The number of allylic oxidation sites excluding steroid dienone is 1. The van der Waals surface area contributed by atoms with Gasteiger partial charge in [-0.2, -0.15) is 13.1 Å². The van der Waals surface area contributed by atoms with Crippen LogP contribution in [0.5, 0.6) is 0 Å². The van der Waals surface area contributed by atoms with E-state index in [1.54, 1.807) is 6.07 Å². The van der Waals surface area contributed by atoms with Crippen molar-refractivity contribution in [3.63, 3.8) is 0 Å². The van der Waals surface area contributed by atoms with Gasteiger partial charge in [-0.15, -0.1) is 0 Å². The van der Waals surface area contributed by atoms with Gasteiger partial charge in [0.2, 0.25) is 17.6 Å². The van der Waals surface area contributed by atoms with Crippen LogP contribution < -0.4 is 49.6 Å². The molecule has 4 rings (SSSR count). The number of hydrogen-bond donors (Lipinski definition) is 4. The van der Waals surface area contributed by atoms with Crippen LogP contribution in [0.4, 0.5) is 23.2 Å². The summed E-state index contributed by atoms with van der Waals surface area (Å²) in [5, 5.41) is 4.51. The van der Waals surface area contributed by atoms with E-state index in [1.165, 1.54) is 25.1 Å². The molecule has 2 aliphatic rings. The molecule has 1 aliphatic carbocycles. The quantitative estimate of drug-likeness (QED) is 0.222. The molecule has 1 heterocycles. The van der Waals surface area contributed by atoms with E-state index in [1.807, 2.05) is 9.44 Å². The Balaban J connectivity index is 0.00000380. The van der Waals surface area contributed by atoms with Crippen molar-refractivity contribution in [1.29, 1.82) is 0 Å². The van der Waals surface area contributed by atoms with Gasteiger partial charge in [0.25, 0.3) is 10.2 Å². The maximum Gasteiger partial charge on any atom is 1.00 e. The number of rotatable bonds is 8. The molecule has 0 bridgehead atoms. The molecule has 0 spiro atoms. The molecular formula is C23H24F4N5NaO3S. The van der Waals surface area contributed by atoms with Crippen LogP contribution in [0.1, 0.15) is 45.8 Å². The van der Waals surface area contributed by atoms with Gasteiger partial charge in [-0.25, -0.2) is 22.3 Å². The Morgan fingerprint density at radius 2 is 1.86 bits per heavy atom. The van der Waals surface area contributed by atoms with Gasteiger partial charge in [-0.3, -0.25) is 0 Å². The van der Waals surface area contributed by atoms with Crippen LogP contribution in [-0.4, -0.2) is 33.3 Å². The van der Waals surface area contributed by atoms with Crippen molar-refractivity contribution in [1.82, 2.24) is 14.8 Å². The summed E-state index contributed by atoms with van der Waals surface area (Å²) in [6, 6.07) is 7.41. The van der Waals surface area contributed by atoms with E-state index >= 15 is 13.2 Å². The molecule has 8 nitrogen and oxygen atoms in total. The minimum Gasteiger partial charge on any atom is -0.664 e. The van der Waals surface area contributed by atoms with Gasteiger partial charge in [0.1, 0.15) is 5.82 Å². The average Bonchev–Trinajstić information content (AvgIpc) is 3.67. The van der Waals surface area contributed by atoms with Crippen molar-refractivity contribution in [2.24, 2.45) is 0 Å². The maximum atomic E-state index is 16.5. The van der Waals surface area contributed by atoms with Gasteiger partial charge in [0.05, 0.1) is 11.6 Å². The number of hydrogen-bond acceptors (Lipinski definition) is 5. The van der Waals surface area contributed by atoms with Crippen LogP contribution in [0.25, 0.3) is 5.73 Å². The SMILES string of the molecule is CNS(=O)(=O)NC1(Nc2ccc(C3CC3)cc2F)NC=C(F)C(F)(c2cccc(C([NH-])=O)c2C)C1F.[Na+]. The summed E-state index contributed by atoms with van der Waals surface area (Å²) >= 11 is 0. The van der Waals surface area contributed by atoms with E-state index in [4.69, 9.17) is 5.73 Å². The molecule has 1 amide bonds. The fourth-order valence-electron chi connectivity index (χ4n) is 4.30. The van der Waals surface area contributed by atoms with Crippen LogP contribution in [0, 0.1) is 12.7 Å². The number of amides is 1. The Morgan fingerprint density at radius 1 is 1.19 bits per heavy atom. The molecule has 1 fully saturated rings. The Hall–Kier alpha value is -2.16. The first-order chi connectivity index (χ1) is 16.8. The predicted octanol–water partition coefficient (Wildman–Crippen LogP) is 0.945. The van der Waals surface area contributed by atoms with Crippen molar-refractivity contribution < 1.29 is 60.3 Å². The van der Waals surface area contributed by atoms with Crippen LogP contribution in [0.3, 0.4) is 0 Å². The fraction of sp³-hybridized carbons (Fsp3) is 0.348. The van der Waals surface area contributed by atoms with Crippen molar-refractivity contribution in [2.75, 3.05) is 12.4 Å². The Morgan fingerprint density at radius 3 is 2.43 bits per heavy atom. The molecule has 14 heteroatoms. The minimum atomic E-state index is -4.53. The summed E-state index contributed by atoms with van der Waals surface area (Å²) < 4.78 is 91.5. The van der Waals surface area contributed by atoms with Crippen LogP contribution in [0.15, 0.2) is 48.4 Å². The monoisotopic (exact) mass is 549 g/mol. The maximum absolute atomic E-state index is 16.5. The van der Waals surface area contributed by atoms with E-state index in [0.29, 0.717) is 11.8 Å². The number of halogens is 4. The van der Waals surface area contributed by atoms with E-state index in [2.05, 4.69) is 10.6 Å². The normalized spacial score (nSPS) is 25.5. The second-order valence-corrected chi connectivity index (χ2v) is 10.4. The predicted molar refractivity (Wildman–Crippen MR) is 126 cm³/mol. The van der Waals surface area contributed by atoms with E-state index < -0.39 is 51.0 Å². The molecule has 3 unspecified atom stereocenters. The first-order valence-corrected chi connectivity index (χ1v) is 12.5. The summed E-state index contributed by atoms with van der Waals surface area (Å²) in [5.41, 5.74) is 2.91. The topological polar surface area (TPSA) is 123 Å². The number of alkyl halides is 2. The molecule has 2 aromatic carbocycles. The van der Waals surface area contributed by atoms with Crippen LogP contribution >= 0.6 is 0 Å². The average molecular weight is 550 g/mol. The van der Waals surface area contributed by atoms with Crippen molar-refractivity contribution in [3.8, 4) is 0 Å². The van der Waals surface area contributed by atoms with Gasteiger partial charge in [-0.1, -0.05) is 24.3 Å². The summed E-state index contributed by atoms with van der Waals surface area (Å²) in [4.78, 5) is 11.7. The van der Waals surface area contributed by atoms with Crippen LogP contribution in [0.2, 0.25) is 0 Å². The van der Waals surface area contributed by atoms with Gasteiger partial charge in [0, 0.05) is 24.4 Å². The first kappa shape index (κ1) is 29.4. The molecule has 37 heavy (non-hydrogen) atoms. The molecule has 194 valence electrons. The zero-order chi connectivity index (χ0) is 26.5. The summed E-state index contributed by atoms with van der Waals surface area (Å²) in [5.74, 6) is -6.34. The first-order valence-electron chi connectivity index (χ1n) is 11.0. The minimum absolute atomic E-state index is 0. The molecule has 2 aromatic rings. The van der Waals surface area contributed by atoms with Crippen LogP contribution in [-0.2, 0) is 15.9 Å². The summed E-state index contributed by atoms with van der Waals surface area (Å²) in [7, 11) is -3.52. The largest absolute Gasteiger partial charge is 1.00 e. The number of benzene rings is 2. The smallest absolute Gasteiger partial charge is 0.664 e. The van der Waals surface area contributed by atoms with Crippen molar-refractivity contribution >= 4 is 21.8 Å². The molecule has 0 aromatic heterocycles. The van der Waals surface area contributed by atoms with E-state index in [-0.39, 0.29) is 52.3 Å². The molecule has 5 N–H and O–H groups in total. The molecule has 0 saturated heterocycles. The Kier molecular flexibility index (Phi) is 8.38. The van der Waals surface area contributed by atoms with E-state index in [0.717, 1.165) is 32.0 Å². The molecule has 0 radical (unpaired) electrons. The molecule has 1 aliphatic heterocycles. The fourth-order valence-corrected chi connectivity index (χ4v) is 5.04. The van der Waals surface area contributed by atoms with Gasteiger partial charge >= 0.3 is 29.6 Å². The number of carbonyl (C=O) groups is 1. The van der Waals surface area contributed by atoms with Gasteiger partial charge < -0.3 is 21.2 Å². The molecular weight excluding hydrogens is 525 g/mol. The summed E-state index contributed by atoms with van der Waals surface area (Å²) in [6.45, 7) is 1.21. The standard InChI is InChI=1S/C23H25F4N5O3S.Na/c1-12-15(20(28)33)4-3-5-16(12)22(27)19(25)11-30-23(21(22)26,32-36(34,35)29-2)31-18-9-8-14(10-17(18)24)13-6-7-13;/h3-5,8-11,13,21,29-32H,6-7H2,1-2H3,(H2,28,33);/q;+1/p-1. The Bertz CT molecular complexity index is 1360. The zero-order valence-corrected chi connectivity index (χ0v) is 23.1. The zero-order valence-electron chi connectivity index (χ0n) is 20.3. The van der Waals surface area contributed by atoms with E-state index in [9.17, 15) is 17.6 Å². The number of anilines is 1. The molecule has 3 atom stereocenters. The third-order valence-electron chi connectivity index (χ3n) is 6.41. The van der Waals surface area contributed by atoms with Gasteiger partial charge in [-0.05, 0) is 48.9 Å². The molecule has 1 saturated carbocycles. The third kappa shape index (κ3) is 5.38. The third-order valence-corrected chi connectivity index (χ3v) is 7.54. The van der Waals surface area contributed by atoms with Crippen molar-refractivity contribution in [2.45, 2.75) is 43.3 Å². The number of nitrogens with one attached hydrogen (secondary N) is 5. The summed E-state index contributed by atoms with van der Waals surface area (Å²) in [6.07, 6.45) is -0.887. The second-order valence-electron chi connectivity index (χ2n) is 8.77. The van der Waals surface area contributed by atoms with Gasteiger partial charge in [0.15, 0.2) is 5.83 Å². The second kappa shape index (κ2) is 10.5. The van der Waals surface area contributed by atoms with Crippen molar-refractivity contribution in [3.05, 3.63) is 82.2 Å².